The molecule has 1 rings (SSSR count). The smallest absolute Gasteiger partial charge is 0.338 e. The maximum atomic E-state index is 13.1. The number of carbonyl (C=O) groups is 1. The van der Waals surface area contributed by atoms with Gasteiger partial charge in [0.1, 0.15) is 5.82 Å². The monoisotopic (exact) mass is 292 g/mol. The van der Waals surface area contributed by atoms with Crippen molar-refractivity contribution in [1.82, 2.24) is 0 Å². The molecule has 0 radical (unpaired) electrons. The summed E-state index contributed by atoms with van der Waals surface area (Å²) in [5.74, 6) is -2.85. The lowest BCUT2D eigenvalue weighted by molar-refractivity contribution is 0.0691. The van der Waals surface area contributed by atoms with Gasteiger partial charge in [-0.2, -0.15) is 0 Å². The summed E-state index contributed by atoms with van der Waals surface area (Å²) in [6.45, 7) is 1.52. The molecule has 0 aliphatic rings. The van der Waals surface area contributed by atoms with Crippen molar-refractivity contribution in [2.24, 2.45) is 0 Å². The Hall–Kier alpha value is -1.40. The number of aromatic carboxylic acids is 1. The van der Waals surface area contributed by atoms with Gasteiger partial charge in [-0.1, -0.05) is 11.6 Å². The van der Waals surface area contributed by atoms with Crippen molar-refractivity contribution in [3.05, 3.63) is 40.7 Å². The molecule has 0 heterocycles. The van der Waals surface area contributed by atoms with Crippen LogP contribution in [0.5, 0.6) is 0 Å². The van der Waals surface area contributed by atoms with E-state index >= 15 is 0 Å². The fraction of sp³-hybridized carbons (Fsp3) is 0.182. The molecule has 0 atom stereocenters. The molecule has 0 saturated carbocycles. The summed E-state index contributed by atoms with van der Waals surface area (Å²) in [7, 11) is -3.73. The number of halogens is 2. The lowest BCUT2D eigenvalue weighted by Crippen LogP contribution is -2.10. The molecule has 0 unspecified atom stereocenters. The minimum atomic E-state index is -3.73. The van der Waals surface area contributed by atoms with Crippen molar-refractivity contribution < 1.29 is 22.7 Å². The number of carboxylic acids is 1. The third-order valence-corrected chi connectivity index (χ3v) is 4.31. The van der Waals surface area contributed by atoms with E-state index < -0.39 is 27.2 Å². The molecule has 7 heteroatoms. The lowest BCUT2D eigenvalue weighted by atomic mass is 10.2. The highest BCUT2D eigenvalue weighted by atomic mass is 35.5. The van der Waals surface area contributed by atoms with E-state index in [2.05, 4.69) is 0 Å². The Labute approximate surface area is 109 Å². The van der Waals surface area contributed by atoms with Gasteiger partial charge in [-0.05, 0) is 30.7 Å². The van der Waals surface area contributed by atoms with Gasteiger partial charge in [0, 0.05) is 5.54 Å². The summed E-state index contributed by atoms with van der Waals surface area (Å²) in [5, 5.41) is 8.72. The summed E-state index contributed by atoms with van der Waals surface area (Å²) < 4.78 is 36.9. The molecule has 18 heavy (non-hydrogen) atoms. The van der Waals surface area contributed by atoms with Gasteiger partial charge in [-0.3, -0.25) is 0 Å². The minimum absolute atomic E-state index is 0.251. The van der Waals surface area contributed by atoms with Gasteiger partial charge in [0.05, 0.1) is 16.2 Å². The van der Waals surface area contributed by atoms with Crippen molar-refractivity contribution in [3.8, 4) is 0 Å². The maximum absolute atomic E-state index is 13.1. The van der Waals surface area contributed by atoms with Gasteiger partial charge < -0.3 is 5.11 Å². The number of hydrogen-bond acceptors (Lipinski definition) is 3. The third kappa shape index (κ3) is 3.30. The van der Waals surface area contributed by atoms with Crippen LogP contribution in [0, 0.1) is 5.82 Å². The highest BCUT2D eigenvalue weighted by molar-refractivity contribution is 7.91. The molecular weight excluding hydrogens is 283 g/mol. The van der Waals surface area contributed by atoms with Crippen LogP contribution >= 0.6 is 11.6 Å². The molecule has 1 aromatic rings. The number of carboxylic acid groups (broad SMARTS) is 1. The normalized spacial score (nSPS) is 12.5. The second kappa shape index (κ2) is 5.49. The van der Waals surface area contributed by atoms with Gasteiger partial charge in [0.2, 0.25) is 0 Å². The van der Waals surface area contributed by atoms with Crippen LogP contribution in [0.25, 0.3) is 0 Å². The topological polar surface area (TPSA) is 71.4 Å². The fourth-order valence-corrected chi connectivity index (χ4v) is 2.87. The first-order valence-electron chi connectivity index (χ1n) is 4.79. The average Bonchev–Trinajstić information content (AvgIpc) is 2.28. The van der Waals surface area contributed by atoms with E-state index in [0.29, 0.717) is 5.57 Å². The fourth-order valence-electron chi connectivity index (χ4n) is 1.28. The zero-order valence-electron chi connectivity index (χ0n) is 9.35. The van der Waals surface area contributed by atoms with Crippen molar-refractivity contribution >= 4 is 27.4 Å². The Morgan fingerprint density at radius 2 is 2.11 bits per heavy atom. The molecule has 1 N–H and O–H groups in total. The Balaban J connectivity index is 3.26. The Bertz CT molecular complexity index is 607. The van der Waals surface area contributed by atoms with Crippen LogP contribution in [-0.4, -0.2) is 25.2 Å². The van der Waals surface area contributed by atoms with Crippen molar-refractivity contribution in [1.29, 1.82) is 0 Å². The molecule has 0 spiro atoms. The first kappa shape index (κ1) is 14.7. The van der Waals surface area contributed by atoms with E-state index in [9.17, 15) is 17.6 Å². The van der Waals surface area contributed by atoms with Crippen molar-refractivity contribution in [3.63, 3.8) is 0 Å². The summed E-state index contributed by atoms with van der Waals surface area (Å²) in [5.41, 5.74) is 0.848. The first-order valence-corrected chi connectivity index (χ1v) is 6.88. The van der Waals surface area contributed by atoms with Crippen LogP contribution in [0.2, 0.25) is 0 Å². The van der Waals surface area contributed by atoms with E-state index in [1.807, 2.05) is 0 Å². The Morgan fingerprint density at radius 1 is 1.50 bits per heavy atom. The van der Waals surface area contributed by atoms with E-state index in [0.717, 1.165) is 23.7 Å². The zero-order valence-corrected chi connectivity index (χ0v) is 10.9. The highest BCUT2D eigenvalue weighted by Crippen LogP contribution is 2.18. The molecular formula is C11H10ClFO4S. The van der Waals surface area contributed by atoms with E-state index in [1.165, 1.54) is 6.92 Å². The van der Waals surface area contributed by atoms with Crippen LogP contribution < -0.4 is 0 Å². The van der Waals surface area contributed by atoms with Crippen molar-refractivity contribution in [2.45, 2.75) is 11.8 Å². The molecule has 98 valence electrons. The number of rotatable bonds is 4. The molecule has 4 nitrogen and oxygen atoms in total. The van der Waals surface area contributed by atoms with E-state index in [4.69, 9.17) is 16.7 Å². The Kier molecular flexibility index (Phi) is 4.48. The van der Waals surface area contributed by atoms with Gasteiger partial charge in [-0.15, -0.1) is 0 Å². The average molecular weight is 293 g/mol. The zero-order chi connectivity index (χ0) is 13.9. The molecule has 1 aromatic carbocycles. The van der Waals surface area contributed by atoms with Crippen LogP contribution in [0.4, 0.5) is 4.39 Å². The second-order valence-corrected chi connectivity index (χ2v) is 5.87. The number of benzene rings is 1. The molecule has 0 aliphatic carbocycles. The van der Waals surface area contributed by atoms with Crippen molar-refractivity contribution in [2.75, 3.05) is 5.75 Å². The number of hydrogen-bond donors (Lipinski definition) is 1. The predicted octanol–water partition coefficient (Wildman–Crippen LogP) is 2.44. The molecule has 0 saturated heterocycles. The van der Waals surface area contributed by atoms with Crippen LogP contribution in [-0.2, 0) is 9.84 Å². The largest absolute Gasteiger partial charge is 0.478 e. The molecule has 0 amide bonds. The predicted molar refractivity (Wildman–Crippen MR) is 65.0 cm³/mol. The summed E-state index contributed by atoms with van der Waals surface area (Å²) >= 11 is 5.37. The van der Waals surface area contributed by atoms with Gasteiger partial charge >= 0.3 is 5.97 Å². The van der Waals surface area contributed by atoms with E-state index in [-0.39, 0.29) is 10.6 Å². The first-order chi connectivity index (χ1) is 8.27. The van der Waals surface area contributed by atoms with Crippen LogP contribution in [0.15, 0.2) is 34.2 Å². The quantitative estimate of drug-likeness (QED) is 0.865. The summed E-state index contributed by atoms with van der Waals surface area (Å²) in [6, 6.07) is 2.64. The van der Waals surface area contributed by atoms with Crippen LogP contribution in [0.3, 0.4) is 0 Å². The molecule has 0 aromatic heterocycles. The standard InChI is InChI=1S/C11H10ClFO4S/c1-7(5-12)6-18(16,17)8-2-3-10(13)9(4-8)11(14)15/h2-5H,6H2,1H3,(H,14,15)/b7-5-. The summed E-state index contributed by atoms with van der Waals surface area (Å²) in [6.07, 6.45) is 0. The highest BCUT2D eigenvalue weighted by Gasteiger charge is 2.19. The lowest BCUT2D eigenvalue weighted by Gasteiger charge is -2.06. The summed E-state index contributed by atoms with van der Waals surface area (Å²) in [4.78, 5) is 10.5. The van der Waals surface area contributed by atoms with E-state index in [1.54, 1.807) is 0 Å². The van der Waals surface area contributed by atoms with Gasteiger partial charge in [0.25, 0.3) is 0 Å². The third-order valence-electron chi connectivity index (χ3n) is 2.13. The second-order valence-electron chi connectivity index (χ2n) is 3.66. The maximum Gasteiger partial charge on any atom is 0.338 e. The van der Waals surface area contributed by atoms with Crippen LogP contribution in [0.1, 0.15) is 17.3 Å². The molecule has 0 aliphatic heterocycles. The van der Waals surface area contributed by atoms with Gasteiger partial charge in [-0.25, -0.2) is 17.6 Å². The SMILES string of the molecule is C/C(=C/Cl)CS(=O)(=O)c1ccc(F)c(C(=O)O)c1. The van der Waals surface area contributed by atoms with Gasteiger partial charge in [0.15, 0.2) is 9.84 Å². The Morgan fingerprint density at radius 3 is 2.61 bits per heavy atom. The molecule has 0 fully saturated rings. The molecule has 0 bridgehead atoms. The minimum Gasteiger partial charge on any atom is -0.478 e. The number of sulfone groups is 1.